The van der Waals surface area contributed by atoms with E-state index < -0.39 is 122 Å². The molecule has 15 nitrogen and oxygen atoms in total. The van der Waals surface area contributed by atoms with E-state index >= 15 is 4.79 Å². The molecule has 2 N–H and O–H groups in total. The van der Waals surface area contributed by atoms with E-state index in [1.165, 1.54) is 19.1 Å². The Kier molecular flexibility index (Phi) is 13.6. The summed E-state index contributed by atoms with van der Waals surface area (Å²) in [6.07, 6.45) is -10.3. The molecular formula is C45H48Cl5NO14. The summed E-state index contributed by atoms with van der Waals surface area (Å²) >= 11 is 30.7. The van der Waals surface area contributed by atoms with Gasteiger partial charge < -0.3 is 38.3 Å². The molecule has 0 amide bonds. The summed E-state index contributed by atoms with van der Waals surface area (Å²) in [5.41, 5.74) is -8.79. The number of ether oxygens (including phenoxy) is 7. The van der Waals surface area contributed by atoms with Crippen LogP contribution in [0.1, 0.15) is 76.3 Å². The molecule has 2 aromatic carbocycles. The fraction of sp³-hybridized carbons (Fsp3) is 0.556. The molecule has 2 aromatic rings. The van der Waals surface area contributed by atoms with Crippen LogP contribution < -0.4 is 5.32 Å². The lowest BCUT2D eigenvalue weighted by Crippen LogP contribution is -2.82. The number of hydrogen-bond acceptors (Lipinski definition) is 15. The molecule has 2 heterocycles. The Morgan fingerprint density at radius 1 is 0.877 bits per heavy atom. The molecule has 0 spiro atoms. The number of esters is 5. The van der Waals surface area contributed by atoms with Crippen molar-refractivity contribution in [3.8, 4) is 0 Å². The van der Waals surface area contributed by atoms with Gasteiger partial charge in [0.2, 0.25) is 0 Å². The molecule has 20 heteroatoms. The van der Waals surface area contributed by atoms with Crippen LogP contribution in [-0.2, 0) is 57.1 Å². The average Bonchev–Trinajstić information content (AvgIpc) is 3.65. The highest BCUT2D eigenvalue weighted by Gasteiger charge is 2.79. The van der Waals surface area contributed by atoms with E-state index in [-0.39, 0.29) is 41.5 Å². The number of nitrogens with one attached hydrogen (secondary N) is 1. The Labute approximate surface area is 399 Å². The second kappa shape index (κ2) is 17.9. The first-order valence-electron chi connectivity index (χ1n) is 20.7. The van der Waals surface area contributed by atoms with Gasteiger partial charge in [-0.2, -0.15) is 0 Å². The van der Waals surface area contributed by atoms with E-state index in [2.05, 4.69) is 5.32 Å². The molecule has 5 aliphatic rings. The molecule has 0 radical (unpaired) electrons. The number of carbonyl (C=O) groups is 6. The van der Waals surface area contributed by atoms with Gasteiger partial charge in [-0.05, 0) is 42.7 Å². The van der Waals surface area contributed by atoms with E-state index in [4.69, 9.17) is 91.2 Å². The van der Waals surface area contributed by atoms with Crippen molar-refractivity contribution in [1.82, 2.24) is 5.32 Å². The quantitative estimate of drug-likeness (QED) is 0.121. The number of fused-ring (bicyclic) bond motifs is 5. The number of ketones is 1. The number of benzene rings is 2. The number of Topliss-reactive ketones (excluding diaryl/α,β-unsaturated/α-hetero) is 1. The molecular weight excluding hydrogens is 956 g/mol. The van der Waals surface area contributed by atoms with Crippen LogP contribution in [0.4, 0.5) is 0 Å². The molecule has 2 bridgehead atoms. The van der Waals surface area contributed by atoms with Gasteiger partial charge in [0.25, 0.3) is 3.79 Å². The van der Waals surface area contributed by atoms with Crippen molar-refractivity contribution in [1.29, 1.82) is 0 Å². The van der Waals surface area contributed by atoms with Gasteiger partial charge >= 0.3 is 29.8 Å². The van der Waals surface area contributed by atoms with E-state index in [1.54, 1.807) is 69.3 Å². The molecule has 4 fully saturated rings. The summed E-state index contributed by atoms with van der Waals surface area (Å²) in [5, 5.41) is 17.2. The zero-order valence-corrected chi connectivity index (χ0v) is 39.9. The first-order valence-corrected chi connectivity index (χ1v) is 22.9. The van der Waals surface area contributed by atoms with Crippen LogP contribution >= 0.6 is 58.0 Å². The normalized spacial score (nSPS) is 34.6. The smallest absolute Gasteiger partial charge is 0.358 e. The summed E-state index contributed by atoms with van der Waals surface area (Å²) in [5.74, 6) is -7.99. The molecule has 0 aromatic heterocycles. The maximum Gasteiger partial charge on any atom is 0.358 e. The van der Waals surface area contributed by atoms with E-state index in [0.717, 1.165) is 13.8 Å². The van der Waals surface area contributed by atoms with Crippen molar-refractivity contribution in [2.75, 3.05) is 18.4 Å². The van der Waals surface area contributed by atoms with Crippen LogP contribution in [0.25, 0.3) is 0 Å². The van der Waals surface area contributed by atoms with Crippen LogP contribution in [0.2, 0.25) is 0 Å². The lowest BCUT2D eigenvalue weighted by atomic mass is 9.44. The average molecular weight is 1000 g/mol. The van der Waals surface area contributed by atoms with Gasteiger partial charge in [0, 0.05) is 32.1 Å². The van der Waals surface area contributed by atoms with Crippen LogP contribution in [0.3, 0.4) is 0 Å². The first kappa shape index (κ1) is 49.4. The van der Waals surface area contributed by atoms with Crippen LogP contribution in [0, 0.1) is 16.7 Å². The second-order valence-corrected chi connectivity index (χ2v) is 20.7. The molecule has 7 rings (SSSR count). The number of halogens is 5. The summed E-state index contributed by atoms with van der Waals surface area (Å²) < 4.78 is 40.4. The number of alkyl halides is 5. The van der Waals surface area contributed by atoms with Gasteiger partial charge in [0.1, 0.15) is 35.7 Å². The SMILES string of the molecule is CC(=O)O[C@H]1C(=O)[C@]2(C)[C@@H](OC(=O)C(Cl)(Cl)Cl)C[C@H]3OC[C@@]3(OC(C)=O)[C@H]2[C@H](OC(=O)c2ccccc2)[C@]2(O)C[C@H](OC(=O)[C@@H]3OC(CCl)(CCl)N[C@H]3c3ccccc3)C(C)=C1C2(C)C. The lowest BCUT2D eigenvalue weighted by molar-refractivity contribution is -0.346. The molecule has 3 aliphatic carbocycles. The van der Waals surface area contributed by atoms with Crippen molar-refractivity contribution >= 4 is 93.6 Å². The topological polar surface area (TPSA) is 199 Å². The number of aliphatic hydroxyl groups is 1. The third-order valence-corrected chi connectivity index (χ3v) is 15.1. The lowest BCUT2D eigenvalue weighted by Gasteiger charge is -2.67. The minimum atomic E-state index is -2.66. The minimum absolute atomic E-state index is 0.0226. The zero-order chi connectivity index (χ0) is 47.7. The largest absolute Gasteiger partial charge is 0.458 e. The van der Waals surface area contributed by atoms with Gasteiger partial charge in [-0.15, -0.1) is 23.2 Å². The number of hydrogen-bond donors (Lipinski definition) is 2. The van der Waals surface area contributed by atoms with Crippen molar-refractivity contribution < 1.29 is 67.0 Å². The highest BCUT2D eigenvalue weighted by molar-refractivity contribution is 6.75. The van der Waals surface area contributed by atoms with Gasteiger partial charge in [-0.25, -0.2) is 14.4 Å². The van der Waals surface area contributed by atoms with Crippen molar-refractivity contribution in [2.24, 2.45) is 16.7 Å². The first-order chi connectivity index (χ1) is 30.4. The predicted molar refractivity (Wildman–Crippen MR) is 234 cm³/mol. The Morgan fingerprint density at radius 2 is 1.49 bits per heavy atom. The standard InChI is InChI=1S/C45H48Cl5NO14/c1-22-27(61-38(56)33-31(25-13-9-7-10-14-25)51-42(19-46,20-47)65-33)18-44(58)36(63-37(55)26-15-11-8-12-16-26)34-41(6,35(54)32(60-23(2)52)30(22)40(44,4)5)28(62-39(57)45(48,49)50)17-29-43(34,21-59-29)64-24(3)53/h7-16,27-29,31-34,36,51,58H,17-21H2,1-6H3/t27-,28-,29+,31-,32+,33+,34-,36-,41+,43-,44+/m0/s1. The monoisotopic (exact) mass is 1000 g/mol. The molecule has 2 aliphatic heterocycles. The third-order valence-electron chi connectivity index (χ3n) is 13.8. The molecule has 0 unspecified atom stereocenters. The van der Waals surface area contributed by atoms with Crippen LogP contribution in [0.15, 0.2) is 71.8 Å². The Morgan fingerprint density at radius 3 is 2.03 bits per heavy atom. The molecule has 2 saturated carbocycles. The van der Waals surface area contributed by atoms with Crippen LogP contribution in [-0.4, -0.2) is 116 Å². The van der Waals surface area contributed by atoms with Crippen molar-refractivity contribution in [3.05, 3.63) is 82.9 Å². The summed E-state index contributed by atoms with van der Waals surface area (Å²) in [6.45, 7) is 7.82. The van der Waals surface area contributed by atoms with Crippen molar-refractivity contribution in [2.45, 2.75) is 118 Å². The fourth-order valence-corrected chi connectivity index (χ4v) is 11.3. The van der Waals surface area contributed by atoms with Gasteiger partial charge in [0.05, 0.1) is 41.3 Å². The summed E-state index contributed by atoms with van der Waals surface area (Å²) in [7, 11) is 0. The third kappa shape index (κ3) is 8.34. The van der Waals surface area contributed by atoms with E-state index in [9.17, 15) is 29.1 Å². The van der Waals surface area contributed by atoms with Crippen molar-refractivity contribution in [3.63, 3.8) is 0 Å². The summed E-state index contributed by atoms with van der Waals surface area (Å²) in [4.78, 5) is 85.1. The highest BCUT2D eigenvalue weighted by Crippen LogP contribution is 2.65. The molecule has 352 valence electrons. The minimum Gasteiger partial charge on any atom is -0.458 e. The maximum absolute atomic E-state index is 16.0. The van der Waals surface area contributed by atoms with Crippen LogP contribution in [0.5, 0.6) is 0 Å². The van der Waals surface area contributed by atoms with Gasteiger partial charge in [-0.1, -0.05) is 97.2 Å². The Bertz CT molecular complexity index is 2270. The number of rotatable bonds is 10. The highest BCUT2D eigenvalue weighted by atomic mass is 35.6. The summed E-state index contributed by atoms with van der Waals surface area (Å²) in [6, 6.07) is 15.8. The number of carbonyl (C=O) groups excluding carboxylic acids is 6. The predicted octanol–water partition coefficient (Wildman–Crippen LogP) is 6.03. The van der Waals surface area contributed by atoms with Gasteiger partial charge in [-0.3, -0.25) is 19.7 Å². The van der Waals surface area contributed by atoms with Gasteiger partial charge in [0.15, 0.2) is 23.6 Å². The van der Waals surface area contributed by atoms with E-state index in [0.29, 0.717) is 5.56 Å². The molecule has 11 atom stereocenters. The van der Waals surface area contributed by atoms with E-state index in [1.807, 2.05) is 0 Å². The Hall–Kier alpha value is -3.51. The molecule has 65 heavy (non-hydrogen) atoms. The molecule has 2 saturated heterocycles. The maximum atomic E-state index is 16.0. The second-order valence-electron chi connectivity index (χ2n) is 17.9. The zero-order valence-electron chi connectivity index (χ0n) is 36.1. The Balaban J connectivity index is 1.47. The fourth-order valence-electron chi connectivity index (χ4n) is 10.6.